The molecule has 402 valence electrons. The molecule has 0 bridgehead atoms. The smallest absolute Gasteiger partial charge is 0.397 e. The highest BCUT2D eigenvalue weighted by Crippen LogP contribution is 2.26. The first-order valence-corrected chi connectivity index (χ1v) is 28.4. The minimum atomic E-state index is -5.07. The highest BCUT2D eigenvalue weighted by molar-refractivity contribution is 7.80. The Morgan fingerprint density at radius 2 is 0.943 bits per heavy atom. The molecule has 1 saturated heterocycles. The van der Waals surface area contributed by atoms with E-state index in [0.29, 0.717) is 13.0 Å². The molecule has 1 rings (SSSR count). The van der Waals surface area contributed by atoms with Crippen LogP contribution in [0.5, 0.6) is 0 Å². The zero-order chi connectivity index (χ0) is 51.0. The third-order valence-electron chi connectivity index (χ3n) is 11.7. The van der Waals surface area contributed by atoms with Crippen molar-refractivity contribution in [2.24, 2.45) is 0 Å². The van der Waals surface area contributed by atoms with Crippen LogP contribution >= 0.6 is 0 Å². The molecular weight excluding hydrogens is 909 g/mol. The van der Waals surface area contributed by atoms with Crippen LogP contribution in [0.2, 0.25) is 0 Å². The van der Waals surface area contributed by atoms with Crippen molar-refractivity contribution in [1.82, 2.24) is 0 Å². The minimum absolute atomic E-state index is 0.0196. The molecule has 0 aliphatic carbocycles. The molecule has 0 aromatic rings. The molecule has 6 unspecified atom stereocenters. The predicted molar refractivity (Wildman–Crippen MR) is 285 cm³/mol. The third kappa shape index (κ3) is 39.6. The summed E-state index contributed by atoms with van der Waals surface area (Å²) in [5, 5.41) is 30.8. The number of carbonyl (C=O) groups is 1. The Hall–Kier alpha value is -2.98. The summed E-state index contributed by atoms with van der Waals surface area (Å²) in [4.78, 5) is 12.9. The van der Waals surface area contributed by atoms with Gasteiger partial charge in [0.05, 0.1) is 19.8 Å². The molecule has 1 aliphatic heterocycles. The molecule has 0 aromatic heterocycles. The molecule has 0 saturated carbocycles. The number of aliphatic hydroxyl groups is 3. The van der Waals surface area contributed by atoms with E-state index in [9.17, 15) is 33.1 Å². The molecule has 13 heteroatoms. The van der Waals surface area contributed by atoms with Crippen molar-refractivity contribution in [3.63, 3.8) is 0 Å². The summed E-state index contributed by atoms with van der Waals surface area (Å²) in [6.45, 7) is 3.73. The number of rotatable bonds is 46. The first-order chi connectivity index (χ1) is 34.1. The number of hydrogen-bond acceptors (Lipinski definition) is 11. The molecule has 1 aliphatic rings. The summed E-state index contributed by atoms with van der Waals surface area (Å²) in [6.07, 6.45) is 55.9. The number of ether oxygens (including phenoxy) is 4. The van der Waals surface area contributed by atoms with Gasteiger partial charge in [-0.25, -0.2) is 4.18 Å². The van der Waals surface area contributed by atoms with E-state index < -0.39 is 59.8 Å². The topological polar surface area (TPSA) is 178 Å². The molecule has 1 heterocycles. The molecule has 1 fully saturated rings. The maximum atomic E-state index is 12.9. The van der Waals surface area contributed by atoms with Crippen LogP contribution in [-0.2, 0) is 38.3 Å². The van der Waals surface area contributed by atoms with Gasteiger partial charge in [-0.1, -0.05) is 195 Å². The highest BCUT2D eigenvalue weighted by atomic mass is 32.3. The van der Waals surface area contributed by atoms with E-state index in [2.05, 4.69) is 115 Å². The Balaban J connectivity index is 2.32. The van der Waals surface area contributed by atoms with Crippen LogP contribution in [0.1, 0.15) is 194 Å². The molecule has 0 spiro atoms. The number of carbonyl (C=O) groups excluding carboxylic acids is 1. The van der Waals surface area contributed by atoms with Crippen LogP contribution in [0.4, 0.5) is 0 Å². The van der Waals surface area contributed by atoms with Crippen LogP contribution in [-0.4, -0.2) is 97.5 Å². The van der Waals surface area contributed by atoms with Crippen molar-refractivity contribution < 1.29 is 56.2 Å². The zero-order valence-corrected chi connectivity index (χ0v) is 44.1. The van der Waals surface area contributed by atoms with E-state index in [0.717, 1.165) is 96.3 Å². The van der Waals surface area contributed by atoms with Crippen LogP contribution in [0.25, 0.3) is 0 Å². The number of esters is 1. The van der Waals surface area contributed by atoms with E-state index >= 15 is 0 Å². The van der Waals surface area contributed by atoms with Gasteiger partial charge in [0.1, 0.15) is 30.5 Å². The van der Waals surface area contributed by atoms with Gasteiger partial charge in [-0.05, 0) is 89.9 Å². The largest absolute Gasteiger partial charge is 0.457 e. The van der Waals surface area contributed by atoms with Gasteiger partial charge in [-0.3, -0.25) is 9.35 Å². The second kappa shape index (κ2) is 47.1. The standard InChI is InChI=1S/C57H96O12S/c1-3-5-7-9-11-13-15-17-19-21-22-23-24-25-26-27-28-29-31-33-35-37-39-41-43-45-47-65-49-51(50-66-57-55(61)56(69-70(62,63)64)54(60)52(48-58)68-57)67-53(59)46-44-42-40-38-36-34-32-30-20-18-16-14-12-10-8-6-4-2/h5-8,11-14,17-20,22-23,32,34,51-52,54-58,60-61H,3-4,9-10,15-16,21,24-31,33,35-50H2,1-2H3,(H,62,63,64)/b7-5-,8-6-,13-11-,14-12-,19-17-,20-18-,23-22-,34-32-. The zero-order valence-electron chi connectivity index (χ0n) is 43.3. The number of hydrogen-bond donors (Lipinski definition) is 4. The van der Waals surface area contributed by atoms with E-state index in [1.807, 2.05) is 0 Å². The van der Waals surface area contributed by atoms with E-state index in [1.54, 1.807) is 0 Å². The maximum Gasteiger partial charge on any atom is 0.397 e. The van der Waals surface area contributed by atoms with E-state index in [4.69, 9.17) is 18.9 Å². The summed E-state index contributed by atoms with van der Waals surface area (Å²) < 4.78 is 59.3. The summed E-state index contributed by atoms with van der Waals surface area (Å²) in [5.41, 5.74) is 0. The van der Waals surface area contributed by atoms with Crippen molar-refractivity contribution in [1.29, 1.82) is 0 Å². The molecule has 6 atom stereocenters. The van der Waals surface area contributed by atoms with Gasteiger partial charge < -0.3 is 34.3 Å². The molecule has 70 heavy (non-hydrogen) atoms. The molecule has 12 nitrogen and oxygen atoms in total. The summed E-state index contributed by atoms with van der Waals surface area (Å²) in [6, 6.07) is 0. The molecule has 0 aromatic carbocycles. The van der Waals surface area contributed by atoms with Crippen LogP contribution in [0.3, 0.4) is 0 Å². The van der Waals surface area contributed by atoms with Crippen LogP contribution in [0.15, 0.2) is 97.2 Å². The average molecular weight is 1010 g/mol. The first kappa shape index (κ1) is 65.0. The third-order valence-corrected chi connectivity index (χ3v) is 12.2. The fourth-order valence-electron chi connectivity index (χ4n) is 7.71. The second-order valence-corrected chi connectivity index (χ2v) is 19.1. The van der Waals surface area contributed by atoms with Crippen LogP contribution < -0.4 is 0 Å². The van der Waals surface area contributed by atoms with Crippen molar-refractivity contribution in [3.05, 3.63) is 97.2 Å². The van der Waals surface area contributed by atoms with E-state index in [-0.39, 0.29) is 19.6 Å². The Kier molecular flexibility index (Phi) is 43.7. The lowest BCUT2D eigenvalue weighted by Crippen LogP contribution is -2.60. The lowest BCUT2D eigenvalue weighted by Gasteiger charge is -2.41. The van der Waals surface area contributed by atoms with Gasteiger partial charge in [0.15, 0.2) is 6.29 Å². The Morgan fingerprint density at radius 3 is 1.37 bits per heavy atom. The SMILES string of the molecule is CC/C=C\C/C=C\C/C=C\C/C=C\CCCCCCCCCCCCCCCOCC(COC1OC(CO)C(O)C(OS(=O)(=O)O)C1O)OC(=O)CCCCCC/C=C\C/C=C\C/C=C\C/C=C\CC. The second-order valence-electron chi connectivity index (χ2n) is 18.1. The number of unbranched alkanes of at least 4 members (excludes halogenated alkanes) is 17. The fourth-order valence-corrected chi connectivity index (χ4v) is 8.22. The summed E-state index contributed by atoms with van der Waals surface area (Å²) >= 11 is 0. The first-order valence-electron chi connectivity index (χ1n) is 27.0. The summed E-state index contributed by atoms with van der Waals surface area (Å²) in [5.74, 6) is -0.425. The van der Waals surface area contributed by atoms with Crippen molar-refractivity contribution in [2.45, 2.75) is 230 Å². The van der Waals surface area contributed by atoms with Crippen molar-refractivity contribution in [3.8, 4) is 0 Å². The van der Waals surface area contributed by atoms with Gasteiger partial charge in [-0.15, -0.1) is 0 Å². The van der Waals surface area contributed by atoms with Gasteiger partial charge >= 0.3 is 16.4 Å². The number of aliphatic hydroxyl groups excluding tert-OH is 3. The fraction of sp³-hybridized carbons (Fsp3) is 0.702. The quantitative estimate of drug-likeness (QED) is 0.0197. The minimum Gasteiger partial charge on any atom is -0.457 e. The van der Waals surface area contributed by atoms with Gasteiger partial charge in [0, 0.05) is 13.0 Å². The number of allylic oxidation sites excluding steroid dienone is 16. The molecule has 0 amide bonds. The van der Waals surface area contributed by atoms with Gasteiger partial charge in [0.25, 0.3) is 0 Å². The Morgan fingerprint density at radius 1 is 0.543 bits per heavy atom. The normalized spacial score (nSPS) is 19.9. The molecule has 0 radical (unpaired) electrons. The van der Waals surface area contributed by atoms with E-state index in [1.165, 1.54) is 70.6 Å². The van der Waals surface area contributed by atoms with Crippen molar-refractivity contribution >= 4 is 16.4 Å². The lowest BCUT2D eigenvalue weighted by molar-refractivity contribution is -0.301. The molecule has 4 N–H and O–H groups in total. The average Bonchev–Trinajstić information content (AvgIpc) is 3.34. The predicted octanol–water partition coefficient (Wildman–Crippen LogP) is 13.0. The van der Waals surface area contributed by atoms with Crippen molar-refractivity contribution in [2.75, 3.05) is 26.4 Å². The lowest BCUT2D eigenvalue weighted by atomic mass is 9.99. The van der Waals surface area contributed by atoms with Gasteiger partial charge in [-0.2, -0.15) is 8.42 Å². The van der Waals surface area contributed by atoms with Crippen LogP contribution in [0, 0.1) is 0 Å². The monoisotopic (exact) mass is 1000 g/mol. The highest BCUT2D eigenvalue weighted by Gasteiger charge is 2.48. The summed E-state index contributed by atoms with van der Waals surface area (Å²) in [7, 11) is -5.07. The van der Waals surface area contributed by atoms with Gasteiger partial charge in [0.2, 0.25) is 0 Å². The Labute approximate surface area is 425 Å². The Bertz CT molecular complexity index is 1580. The molecular formula is C57H96O12S. The maximum absolute atomic E-state index is 12.9.